The van der Waals surface area contributed by atoms with Crippen molar-refractivity contribution in [1.29, 1.82) is 5.26 Å². The highest BCUT2D eigenvalue weighted by Crippen LogP contribution is 2.26. The maximum atomic E-state index is 8.58. The first kappa shape index (κ1) is 11.6. The van der Waals surface area contributed by atoms with Gasteiger partial charge in [-0.3, -0.25) is 0 Å². The van der Waals surface area contributed by atoms with E-state index in [2.05, 4.69) is 32.0 Å². The van der Waals surface area contributed by atoms with Crippen LogP contribution in [-0.2, 0) is 0 Å². The van der Waals surface area contributed by atoms with Crippen molar-refractivity contribution in [3.05, 3.63) is 28.8 Å². The van der Waals surface area contributed by atoms with E-state index in [1.165, 1.54) is 11.1 Å². The maximum absolute atomic E-state index is 8.58. The molecule has 0 N–H and O–H groups in total. The van der Waals surface area contributed by atoms with Crippen molar-refractivity contribution in [2.75, 3.05) is 0 Å². The quantitative estimate of drug-likeness (QED) is 0.755. The Morgan fingerprint density at radius 3 is 2.47 bits per heavy atom. The number of nitrogens with zero attached hydrogens (tertiary/aromatic N) is 1. The van der Waals surface area contributed by atoms with Crippen LogP contribution >= 0.6 is 0 Å². The average Bonchev–Trinajstić information content (AvgIpc) is 2.19. The molecule has 0 saturated heterocycles. The van der Waals surface area contributed by atoms with E-state index in [1.54, 1.807) is 0 Å². The van der Waals surface area contributed by atoms with E-state index < -0.39 is 0 Å². The van der Waals surface area contributed by atoms with Crippen molar-refractivity contribution >= 4 is 0 Å². The molecule has 0 aliphatic rings. The first-order valence-electron chi connectivity index (χ1n) is 5.16. The predicted octanol–water partition coefficient (Wildman–Crippen LogP) is 3.29. The summed E-state index contributed by atoms with van der Waals surface area (Å²) < 4.78 is 5.77. The minimum Gasteiger partial charge on any atom is -0.489 e. The molecule has 0 aromatic heterocycles. The van der Waals surface area contributed by atoms with Crippen LogP contribution in [0.15, 0.2) is 12.1 Å². The molecule has 0 bridgehead atoms. The van der Waals surface area contributed by atoms with Gasteiger partial charge in [0.2, 0.25) is 0 Å². The fourth-order valence-electron chi connectivity index (χ4n) is 1.48. The summed E-state index contributed by atoms with van der Waals surface area (Å²) in [5, 5.41) is 8.58. The Morgan fingerprint density at radius 1 is 1.27 bits per heavy atom. The Balaban J connectivity index is 2.94. The third-order valence-electron chi connectivity index (χ3n) is 2.57. The van der Waals surface area contributed by atoms with Crippen LogP contribution in [0.25, 0.3) is 0 Å². The third kappa shape index (κ3) is 2.73. The molecule has 0 saturated carbocycles. The molecule has 0 radical (unpaired) electrons. The van der Waals surface area contributed by atoms with Crippen LogP contribution in [0, 0.1) is 32.1 Å². The molecule has 15 heavy (non-hydrogen) atoms. The second-order valence-electron chi connectivity index (χ2n) is 3.94. The van der Waals surface area contributed by atoms with Gasteiger partial charge in [0.15, 0.2) is 0 Å². The zero-order chi connectivity index (χ0) is 11.4. The van der Waals surface area contributed by atoms with Crippen LogP contribution in [0.3, 0.4) is 0 Å². The van der Waals surface area contributed by atoms with Gasteiger partial charge in [-0.15, -0.1) is 0 Å². The highest BCUT2D eigenvalue weighted by molar-refractivity contribution is 5.44. The summed E-state index contributed by atoms with van der Waals surface area (Å²) in [7, 11) is 0. The van der Waals surface area contributed by atoms with E-state index in [9.17, 15) is 0 Å². The van der Waals surface area contributed by atoms with Crippen molar-refractivity contribution in [1.82, 2.24) is 0 Å². The Kier molecular flexibility index (Phi) is 3.74. The summed E-state index contributed by atoms with van der Waals surface area (Å²) in [6.07, 6.45) is 0.376. The Morgan fingerprint density at radius 2 is 1.87 bits per heavy atom. The number of aryl methyl sites for hydroxylation is 2. The molecule has 0 fully saturated rings. The van der Waals surface area contributed by atoms with Crippen LogP contribution in [0.1, 0.15) is 30.0 Å². The zero-order valence-electron chi connectivity index (χ0n) is 9.79. The second kappa shape index (κ2) is 4.84. The average molecular weight is 203 g/mol. The maximum Gasteiger partial charge on any atom is 0.125 e. The van der Waals surface area contributed by atoms with Gasteiger partial charge in [0.1, 0.15) is 11.9 Å². The summed E-state index contributed by atoms with van der Waals surface area (Å²) in [5.41, 5.74) is 3.52. The number of hydrogen-bond acceptors (Lipinski definition) is 2. The first-order chi connectivity index (χ1) is 7.06. The Bertz CT molecular complexity index is 390. The van der Waals surface area contributed by atoms with E-state index in [0.717, 1.165) is 11.3 Å². The summed E-state index contributed by atoms with van der Waals surface area (Å²) in [4.78, 5) is 0. The van der Waals surface area contributed by atoms with E-state index in [0.29, 0.717) is 6.42 Å². The first-order valence-corrected chi connectivity index (χ1v) is 5.16. The number of benzene rings is 1. The predicted molar refractivity (Wildman–Crippen MR) is 61.0 cm³/mol. The minimum absolute atomic E-state index is 0.0470. The summed E-state index contributed by atoms with van der Waals surface area (Å²) in [6.45, 7) is 8.07. The fourth-order valence-corrected chi connectivity index (χ4v) is 1.48. The van der Waals surface area contributed by atoms with Crippen molar-refractivity contribution in [2.45, 2.75) is 40.2 Å². The molecule has 0 amide bonds. The van der Waals surface area contributed by atoms with Crippen LogP contribution in [-0.4, -0.2) is 6.10 Å². The standard InChI is InChI=1S/C13H17NO/c1-9-5-6-10(2)13(12(9)4)15-11(3)7-8-14/h5-6,11H,7H2,1-4H3. The van der Waals surface area contributed by atoms with Crippen molar-refractivity contribution in [3.63, 3.8) is 0 Å². The highest BCUT2D eigenvalue weighted by Gasteiger charge is 2.10. The normalized spacial score (nSPS) is 11.9. The lowest BCUT2D eigenvalue weighted by atomic mass is 10.1. The molecule has 1 unspecified atom stereocenters. The number of hydrogen-bond donors (Lipinski definition) is 0. The molecule has 2 heteroatoms. The van der Waals surface area contributed by atoms with E-state index in [1.807, 2.05) is 13.8 Å². The number of ether oxygens (including phenoxy) is 1. The Labute approximate surface area is 91.5 Å². The fraction of sp³-hybridized carbons (Fsp3) is 0.462. The molecule has 80 valence electrons. The van der Waals surface area contributed by atoms with Gasteiger partial charge in [0.05, 0.1) is 12.5 Å². The molecule has 0 heterocycles. The summed E-state index contributed by atoms with van der Waals surface area (Å²) in [6, 6.07) is 6.26. The summed E-state index contributed by atoms with van der Waals surface area (Å²) in [5.74, 6) is 0.928. The topological polar surface area (TPSA) is 33.0 Å². The lowest BCUT2D eigenvalue weighted by Gasteiger charge is -2.17. The molecule has 1 aromatic carbocycles. The SMILES string of the molecule is Cc1ccc(C)c(OC(C)CC#N)c1C. The van der Waals surface area contributed by atoms with Gasteiger partial charge in [-0.05, 0) is 44.4 Å². The molecular weight excluding hydrogens is 186 g/mol. The van der Waals surface area contributed by atoms with Crippen LogP contribution in [0.5, 0.6) is 5.75 Å². The smallest absolute Gasteiger partial charge is 0.125 e. The highest BCUT2D eigenvalue weighted by atomic mass is 16.5. The zero-order valence-corrected chi connectivity index (χ0v) is 9.79. The van der Waals surface area contributed by atoms with Gasteiger partial charge in [-0.1, -0.05) is 12.1 Å². The molecular formula is C13H17NO. The van der Waals surface area contributed by atoms with Crippen molar-refractivity contribution in [2.24, 2.45) is 0 Å². The molecule has 1 atom stereocenters. The number of rotatable bonds is 3. The molecule has 0 spiro atoms. The van der Waals surface area contributed by atoms with Gasteiger partial charge in [0, 0.05) is 0 Å². The van der Waals surface area contributed by atoms with E-state index >= 15 is 0 Å². The lowest BCUT2D eigenvalue weighted by molar-refractivity contribution is 0.224. The van der Waals surface area contributed by atoms with Crippen LogP contribution in [0.2, 0.25) is 0 Å². The molecule has 0 aliphatic heterocycles. The minimum atomic E-state index is -0.0470. The van der Waals surface area contributed by atoms with Gasteiger partial charge < -0.3 is 4.74 Å². The monoisotopic (exact) mass is 203 g/mol. The third-order valence-corrected chi connectivity index (χ3v) is 2.57. The summed E-state index contributed by atoms with van der Waals surface area (Å²) >= 11 is 0. The lowest BCUT2D eigenvalue weighted by Crippen LogP contribution is -2.12. The Hall–Kier alpha value is -1.49. The van der Waals surface area contributed by atoms with E-state index in [4.69, 9.17) is 10.00 Å². The number of nitriles is 1. The molecule has 0 aliphatic carbocycles. The van der Waals surface area contributed by atoms with Crippen molar-refractivity contribution in [3.8, 4) is 11.8 Å². The van der Waals surface area contributed by atoms with Crippen LogP contribution in [0.4, 0.5) is 0 Å². The van der Waals surface area contributed by atoms with Gasteiger partial charge in [-0.25, -0.2) is 0 Å². The van der Waals surface area contributed by atoms with Gasteiger partial charge in [0.25, 0.3) is 0 Å². The largest absolute Gasteiger partial charge is 0.489 e. The van der Waals surface area contributed by atoms with Crippen molar-refractivity contribution < 1.29 is 4.74 Å². The van der Waals surface area contributed by atoms with Gasteiger partial charge >= 0.3 is 0 Å². The van der Waals surface area contributed by atoms with E-state index in [-0.39, 0.29) is 6.10 Å². The second-order valence-corrected chi connectivity index (χ2v) is 3.94. The molecule has 1 aromatic rings. The van der Waals surface area contributed by atoms with Crippen LogP contribution < -0.4 is 4.74 Å². The molecule has 1 rings (SSSR count). The van der Waals surface area contributed by atoms with Gasteiger partial charge in [-0.2, -0.15) is 5.26 Å². The molecule has 2 nitrogen and oxygen atoms in total.